The molecule has 0 spiro atoms. The van der Waals surface area contributed by atoms with E-state index in [0.717, 1.165) is 31.5 Å². The first kappa shape index (κ1) is 21.2. The second-order valence-electron chi connectivity index (χ2n) is 7.26. The Labute approximate surface area is 161 Å². The van der Waals surface area contributed by atoms with E-state index in [4.69, 9.17) is 5.11 Å². The molecule has 1 fully saturated rings. The van der Waals surface area contributed by atoms with Gasteiger partial charge in [0, 0.05) is 25.2 Å². The molecule has 2 rings (SSSR count). The molecule has 0 aromatic heterocycles. The van der Waals surface area contributed by atoms with Crippen molar-refractivity contribution < 1.29 is 14.7 Å². The van der Waals surface area contributed by atoms with Gasteiger partial charge in [0.25, 0.3) is 0 Å². The van der Waals surface area contributed by atoms with Crippen LogP contribution < -0.4 is 10.6 Å². The zero-order valence-electron chi connectivity index (χ0n) is 16.6. The number of amides is 2. The van der Waals surface area contributed by atoms with E-state index in [1.54, 1.807) is 0 Å². The van der Waals surface area contributed by atoms with Gasteiger partial charge in [-0.05, 0) is 44.1 Å². The van der Waals surface area contributed by atoms with Crippen LogP contribution in [0.5, 0.6) is 0 Å². The van der Waals surface area contributed by atoms with E-state index < -0.39 is 5.97 Å². The summed E-state index contributed by atoms with van der Waals surface area (Å²) in [7, 11) is 2.08. The quantitative estimate of drug-likeness (QED) is 0.581. The number of carbonyl (C=O) groups is 2. The maximum atomic E-state index is 12.1. The molecule has 0 atom stereocenters. The highest BCUT2D eigenvalue weighted by Crippen LogP contribution is 2.25. The number of rotatable bonds is 10. The maximum absolute atomic E-state index is 12.1. The summed E-state index contributed by atoms with van der Waals surface area (Å²) in [5, 5.41) is 14.8. The largest absolute Gasteiger partial charge is 0.480 e. The summed E-state index contributed by atoms with van der Waals surface area (Å²) in [4.78, 5) is 27.2. The van der Waals surface area contributed by atoms with Crippen LogP contribution in [0.4, 0.5) is 4.79 Å². The maximum Gasteiger partial charge on any atom is 0.317 e. The Morgan fingerprint density at radius 1 is 1.19 bits per heavy atom. The predicted molar refractivity (Wildman–Crippen MR) is 106 cm³/mol. The summed E-state index contributed by atoms with van der Waals surface area (Å²) in [5.74, 6) is -0.807. The Kier molecular flexibility index (Phi) is 8.06. The standard InChI is InChI=1S/C20H32N4O3/c1-4-23(3)13-16-8-6-7-15(9-16)12-21-20(27)22-17-10-18(11-17)24(5-2)14-19(25)26/h6-9,17-18H,4-5,10-14H2,1-3H3,(H,25,26)(H2,21,22,27). The molecule has 1 aromatic carbocycles. The molecular formula is C20H32N4O3. The normalized spacial score (nSPS) is 19.0. The van der Waals surface area contributed by atoms with Crippen molar-refractivity contribution in [2.45, 2.75) is 51.9 Å². The molecule has 7 nitrogen and oxygen atoms in total. The summed E-state index contributed by atoms with van der Waals surface area (Å²) in [6, 6.07) is 8.44. The Bertz CT molecular complexity index is 631. The van der Waals surface area contributed by atoms with E-state index in [9.17, 15) is 9.59 Å². The van der Waals surface area contributed by atoms with Crippen LogP contribution in [0, 0.1) is 0 Å². The summed E-state index contributed by atoms with van der Waals surface area (Å²) >= 11 is 0. The van der Waals surface area contributed by atoms with Gasteiger partial charge in [0.15, 0.2) is 0 Å². The molecule has 2 amide bonds. The fourth-order valence-corrected chi connectivity index (χ4v) is 3.36. The number of nitrogens with one attached hydrogen (secondary N) is 2. The molecular weight excluding hydrogens is 344 g/mol. The lowest BCUT2D eigenvalue weighted by atomic mass is 9.85. The number of hydrogen-bond acceptors (Lipinski definition) is 4. The third-order valence-electron chi connectivity index (χ3n) is 5.15. The second-order valence-corrected chi connectivity index (χ2v) is 7.26. The van der Waals surface area contributed by atoms with Gasteiger partial charge < -0.3 is 20.6 Å². The van der Waals surface area contributed by atoms with E-state index in [0.29, 0.717) is 13.1 Å². The van der Waals surface area contributed by atoms with Crippen LogP contribution in [0.1, 0.15) is 37.8 Å². The summed E-state index contributed by atoms with van der Waals surface area (Å²) < 4.78 is 0. The van der Waals surface area contributed by atoms with Crippen molar-refractivity contribution >= 4 is 12.0 Å². The first-order chi connectivity index (χ1) is 12.9. The highest BCUT2D eigenvalue weighted by molar-refractivity contribution is 5.74. The fourth-order valence-electron chi connectivity index (χ4n) is 3.36. The first-order valence-corrected chi connectivity index (χ1v) is 9.67. The molecule has 0 bridgehead atoms. The number of hydrogen-bond donors (Lipinski definition) is 3. The van der Waals surface area contributed by atoms with Crippen LogP contribution in [-0.4, -0.2) is 65.7 Å². The van der Waals surface area contributed by atoms with Gasteiger partial charge in [-0.1, -0.05) is 38.1 Å². The average Bonchev–Trinajstić information content (AvgIpc) is 2.61. The number of carboxylic acids is 1. The first-order valence-electron chi connectivity index (χ1n) is 9.67. The smallest absolute Gasteiger partial charge is 0.317 e. The van der Waals surface area contributed by atoms with Crippen molar-refractivity contribution in [2.75, 3.05) is 26.7 Å². The van der Waals surface area contributed by atoms with E-state index in [-0.39, 0.29) is 24.7 Å². The molecule has 0 radical (unpaired) electrons. The molecule has 150 valence electrons. The SMILES string of the molecule is CCN(C)Cc1cccc(CNC(=O)NC2CC(N(CC)CC(=O)O)C2)c1. The van der Waals surface area contributed by atoms with E-state index in [1.165, 1.54) is 5.56 Å². The van der Waals surface area contributed by atoms with Crippen LogP contribution in [0.25, 0.3) is 0 Å². The Hall–Kier alpha value is -2.12. The van der Waals surface area contributed by atoms with Crippen LogP contribution >= 0.6 is 0 Å². The molecule has 0 saturated heterocycles. The van der Waals surface area contributed by atoms with E-state index in [2.05, 4.69) is 41.6 Å². The van der Waals surface area contributed by atoms with E-state index >= 15 is 0 Å². The molecule has 0 aliphatic heterocycles. The van der Waals surface area contributed by atoms with Gasteiger partial charge >= 0.3 is 12.0 Å². The monoisotopic (exact) mass is 376 g/mol. The summed E-state index contributed by atoms with van der Waals surface area (Å²) in [6.07, 6.45) is 1.60. The van der Waals surface area contributed by atoms with Crippen molar-refractivity contribution in [3.05, 3.63) is 35.4 Å². The number of nitrogens with zero attached hydrogens (tertiary/aromatic N) is 2. The number of likely N-dealkylation sites (N-methyl/N-ethyl adjacent to an activating group) is 1. The lowest BCUT2D eigenvalue weighted by Gasteiger charge is -2.42. The van der Waals surface area contributed by atoms with Gasteiger partial charge in [0.1, 0.15) is 0 Å². The minimum atomic E-state index is -0.807. The van der Waals surface area contributed by atoms with Gasteiger partial charge in [0.2, 0.25) is 0 Å². The molecule has 0 heterocycles. The molecule has 1 aliphatic carbocycles. The zero-order valence-corrected chi connectivity index (χ0v) is 16.6. The number of carbonyl (C=O) groups excluding carboxylic acids is 1. The molecule has 1 saturated carbocycles. The van der Waals surface area contributed by atoms with Crippen molar-refractivity contribution in [2.24, 2.45) is 0 Å². The molecule has 0 unspecified atom stereocenters. The average molecular weight is 377 g/mol. The Morgan fingerprint density at radius 2 is 1.89 bits per heavy atom. The van der Waals surface area contributed by atoms with Gasteiger partial charge in [-0.2, -0.15) is 0 Å². The fraction of sp³-hybridized carbons (Fsp3) is 0.600. The predicted octanol–water partition coefficient (Wildman–Crippen LogP) is 1.87. The summed E-state index contributed by atoms with van der Waals surface area (Å²) in [5.41, 5.74) is 2.32. The van der Waals surface area contributed by atoms with Crippen molar-refractivity contribution in [1.82, 2.24) is 20.4 Å². The summed E-state index contributed by atoms with van der Waals surface area (Å²) in [6.45, 7) is 7.24. The number of carboxylic acid groups (broad SMARTS) is 1. The van der Waals surface area contributed by atoms with Gasteiger partial charge in [-0.3, -0.25) is 9.69 Å². The van der Waals surface area contributed by atoms with Crippen molar-refractivity contribution in [3.63, 3.8) is 0 Å². The van der Waals surface area contributed by atoms with Crippen molar-refractivity contribution in [1.29, 1.82) is 0 Å². The Balaban J connectivity index is 1.71. The highest BCUT2D eigenvalue weighted by atomic mass is 16.4. The van der Waals surface area contributed by atoms with Crippen LogP contribution in [0.3, 0.4) is 0 Å². The number of urea groups is 1. The molecule has 27 heavy (non-hydrogen) atoms. The van der Waals surface area contributed by atoms with E-state index in [1.807, 2.05) is 24.0 Å². The molecule has 3 N–H and O–H groups in total. The van der Waals surface area contributed by atoms with Crippen LogP contribution in [0.15, 0.2) is 24.3 Å². The van der Waals surface area contributed by atoms with Crippen LogP contribution in [0.2, 0.25) is 0 Å². The third kappa shape index (κ3) is 6.84. The number of aliphatic carboxylic acids is 1. The van der Waals surface area contributed by atoms with Gasteiger partial charge in [-0.25, -0.2) is 4.79 Å². The molecule has 1 aromatic rings. The minimum absolute atomic E-state index is 0.0592. The highest BCUT2D eigenvalue weighted by Gasteiger charge is 2.34. The van der Waals surface area contributed by atoms with Crippen molar-refractivity contribution in [3.8, 4) is 0 Å². The minimum Gasteiger partial charge on any atom is -0.480 e. The topological polar surface area (TPSA) is 84.9 Å². The lowest BCUT2D eigenvalue weighted by Crippen LogP contribution is -2.56. The lowest BCUT2D eigenvalue weighted by molar-refractivity contribution is -0.139. The molecule has 1 aliphatic rings. The van der Waals surface area contributed by atoms with Gasteiger partial charge in [-0.15, -0.1) is 0 Å². The number of benzene rings is 1. The zero-order chi connectivity index (χ0) is 19.8. The van der Waals surface area contributed by atoms with Crippen LogP contribution in [-0.2, 0) is 17.9 Å². The Morgan fingerprint density at radius 3 is 2.52 bits per heavy atom. The van der Waals surface area contributed by atoms with Gasteiger partial charge in [0.05, 0.1) is 6.54 Å². The molecule has 7 heteroatoms. The second kappa shape index (κ2) is 10.3. The third-order valence-corrected chi connectivity index (χ3v) is 5.15.